The number of ether oxygens (including phenoxy) is 1. The first-order valence-corrected chi connectivity index (χ1v) is 8.85. The molecule has 3 N–H and O–H groups in total. The molecule has 2 fully saturated rings. The van der Waals surface area contributed by atoms with Crippen LogP contribution in [0.25, 0.3) is 0 Å². The monoisotopic (exact) mass is 351 g/mol. The highest BCUT2D eigenvalue weighted by Crippen LogP contribution is 2.61. The second-order valence-corrected chi connectivity index (χ2v) is 7.24. The molecule has 2 saturated carbocycles. The van der Waals surface area contributed by atoms with Gasteiger partial charge in [0.25, 0.3) is 0 Å². The maximum atomic E-state index is 13.0. The van der Waals surface area contributed by atoms with Gasteiger partial charge in [0.1, 0.15) is 5.54 Å². The Bertz CT molecular complexity index is 783. The topological polar surface area (TPSA) is 89.6 Å². The molecule has 0 amide bonds. The van der Waals surface area contributed by atoms with Crippen LogP contribution in [0.4, 0.5) is 0 Å². The molecule has 2 aliphatic rings. The molecule has 2 aliphatic carbocycles. The van der Waals surface area contributed by atoms with Crippen molar-refractivity contribution >= 4 is 11.9 Å². The van der Waals surface area contributed by atoms with Crippen molar-refractivity contribution in [3.8, 4) is 0 Å². The van der Waals surface area contributed by atoms with E-state index in [1.54, 1.807) is 0 Å². The second kappa shape index (κ2) is 6.25. The molecular weight excluding hydrogens is 330 g/mol. The lowest BCUT2D eigenvalue weighted by Gasteiger charge is -2.28. The van der Waals surface area contributed by atoms with E-state index in [0.29, 0.717) is 12.8 Å². The average molecular weight is 351 g/mol. The third-order valence-electron chi connectivity index (χ3n) is 5.75. The largest absolute Gasteiger partial charge is 0.481 e. The molecule has 4 rings (SSSR count). The number of hydrogen-bond donors (Lipinski definition) is 2. The Labute approximate surface area is 151 Å². The number of rotatable bonds is 5. The molecule has 26 heavy (non-hydrogen) atoms. The molecule has 5 heteroatoms. The summed E-state index contributed by atoms with van der Waals surface area (Å²) in [5.74, 6) is -2.22. The molecule has 0 heterocycles. The summed E-state index contributed by atoms with van der Waals surface area (Å²) in [5.41, 5.74) is 6.88. The second-order valence-electron chi connectivity index (χ2n) is 7.24. The van der Waals surface area contributed by atoms with Crippen molar-refractivity contribution in [2.24, 2.45) is 23.5 Å². The zero-order chi connectivity index (χ0) is 18.3. The standard InChI is InChI=1S/C21H21NO4/c22-21(12-11-15-16(17(15)21)19(23)24)20(25)26-18(13-7-3-1-4-8-13)14-9-5-2-6-10-14/h1-10,15-18H,11-12,22H2,(H,23,24)/t15-,16-,17?,21-/m0/s1. The van der Waals surface area contributed by atoms with Crippen LogP contribution >= 0.6 is 0 Å². The lowest BCUT2D eigenvalue weighted by atomic mass is 9.91. The molecule has 134 valence electrons. The van der Waals surface area contributed by atoms with Gasteiger partial charge in [-0.1, -0.05) is 60.7 Å². The summed E-state index contributed by atoms with van der Waals surface area (Å²) in [6, 6.07) is 19.0. The molecule has 2 aromatic carbocycles. The van der Waals surface area contributed by atoms with E-state index >= 15 is 0 Å². The quantitative estimate of drug-likeness (QED) is 0.809. The lowest BCUT2D eigenvalue weighted by Crippen LogP contribution is -2.51. The Balaban J connectivity index is 1.60. The van der Waals surface area contributed by atoms with Crippen molar-refractivity contribution in [3.63, 3.8) is 0 Å². The minimum atomic E-state index is -1.21. The number of nitrogens with two attached hydrogens (primary N) is 1. The number of benzene rings is 2. The SMILES string of the molecule is N[C@@]1(C(=O)OC(c2ccccc2)c2ccccc2)CC[C@@H]2C1[C@H]2C(=O)O. The van der Waals surface area contributed by atoms with E-state index in [1.165, 1.54) is 0 Å². The highest BCUT2D eigenvalue weighted by atomic mass is 16.5. The number of carboxylic acids is 1. The number of aliphatic carboxylic acids is 1. The van der Waals surface area contributed by atoms with Gasteiger partial charge in [0.15, 0.2) is 6.10 Å². The van der Waals surface area contributed by atoms with E-state index in [-0.39, 0.29) is 11.8 Å². The van der Waals surface area contributed by atoms with Gasteiger partial charge in [0.2, 0.25) is 0 Å². The highest BCUT2D eigenvalue weighted by Gasteiger charge is 2.70. The molecule has 2 aromatic rings. The zero-order valence-electron chi connectivity index (χ0n) is 14.2. The van der Waals surface area contributed by atoms with Crippen LogP contribution in [0.1, 0.15) is 30.1 Å². The Morgan fingerprint density at radius 2 is 1.58 bits per heavy atom. The number of fused-ring (bicyclic) bond motifs is 1. The number of hydrogen-bond acceptors (Lipinski definition) is 4. The third-order valence-corrected chi connectivity index (χ3v) is 5.75. The first kappa shape index (κ1) is 16.8. The number of carbonyl (C=O) groups excluding carboxylic acids is 1. The van der Waals surface area contributed by atoms with Crippen molar-refractivity contribution in [1.82, 2.24) is 0 Å². The molecule has 5 nitrogen and oxygen atoms in total. The Kier molecular flexibility index (Phi) is 4.04. The molecule has 4 atom stereocenters. The summed E-state index contributed by atoms with van der Waals surface area (Å²) in [7, 11) is 0. The first-order chi connectivity index (χ1) is 12.5. The van der Waals surface area contributed by atoms with Gasteiger partial charge in [-0.3, -0.25) is 9.59 Å². The first-order valence-electron chi connectivity index (χ1n) is 8.85. The van der Waals surface area contributed by atoms with Gasteiger partial charge in [-0.2, -0.15) is 0 Å². The van der Waals surface area contributed by atoms with Gasteiger partial charge in [-0.25, -0.2) is 0 Å². The van der Waals surface area contributed by atoms with Crippen molar-refractivity contribution in [1.29, 1.82) is 0 Å². The lowest BCUT2D eigenvalue weighted by molar-refractivity contribution is -0.155. The van der Waals surface area contributed by atoms with Gasteiger partial charge >= 0.3 is 11.9 Å². The number of carbonyl (C=O) groups is 2. The Hall–Kier alpha value is -2.66. The smallest absolute Gasteiger partial charge is 0.327 e. The Morgan fingerprint density at radius 1 is 1.04 bits per heavy atom. The highest BCUT2D eigenvalue weighted by molar-refractivity contribution is 5.86. The van der Waals surface area contributed by atoms with E-state index in [9.17, 15) is 14.7 Å². The summed E-state index contributed by atoms with van der Waals surface area (Å²) < 4.78 is 5.88. The van der Waals surface area contributed by atoms with Crippen molar-refractivity contribution in [2.75, 3.05) is 0 Å². The summed E-state index contributed by atoms with van der Waals surface area (Å²) in [4.78, 5) is 24.3. The summed E-state index contributed by atoms with van der Waals surface area (Å²) in [6.45, 7) is 0. The van der Waals surface area contributed by atoms with Gasteiger partial charge in [0.05, 0.1) is 5.92 Å². The molecule has 0 radical (unpaired) electrons. The van der Waals surface area contributed by atoms with Crippen LogP contribution in [0, 0.1) is 17.8 Å². The normalized spacial score (nSPS) is 29.2. The van der Waals surface area contributed by atoms with Gasteiger partial charge in [-0.15, -0.1) is 0 Å². The van der Waals surface area contributed by atoms with Gasteiger partial charge < -0.3 is 15.6 Å². The predicted octanol–water partition coefficient (Wildman–Crippen LogP) is 2.76. The molecule has 0 aromatic heterocycles. The predicted molar refractivity (Wildman–Crippen MR) is 95.1 cm³/mol. The molecule has 0 bridgehead atoms. The molecule has 0 spiro atoms. The van der Waals surface area contributed by atoms with Crippen LogP contribution in [0.3, 0.4) is 0 Å². The summed E-state index contributed by atoms with van der Waals surface area (Å²) >= 11 is 0. The van der Waals surface area contributed by atoms with Gasteiger partial charge in [-0.05, 0) is 29.9 Å². The van der Waals surface area contributed by atoms with Crippen LogP contribution in [-0.2, 0) is 14.3 Å². The van der Waals surface area contributed by atoms with Crippen molar-refractivity contribution in [2.45, 2.75) is 24.5 Å². The van der Waals surface area contributed by atoms with Crippen molar-refractivity contribution in [3.05, 3.63) is 71.8 Å². The fraction of sp³-hybridized carbons (Fsp3) is 0.333. The van der Waals surface area contributed by atoms with Crippen LogP contribution in [-0.4, -0.2) is 22.6 Å². The maximum Gasteiger partial charge on any atom is 0.327 e. The van der Waals surface area contributed by atoms with E-state index < -0.39 is 29.5 Å². The van der Waals surface area contributed by atoms with Crippen molar-refractivity contribution < 1.29 is 19.4 Å². The van der Waals surface area contributed by atoms with E-state index in [1.807, 2.05) is 60.7 Å². The van der Waals surface area contributed by atoms with Crippen LogP contribution in [0.5, 0.6) is 0 Å². The number of esters is 1. The fourth-order valence-electron chi connectivity index (χ4n) is 4.38. The van der Waals surface area contributed by atoms with E-state index in [2.05, 4.69) is 0 Å². The van der Waals surface area contributed by atoms with E-state index in [0.717, 1.165) is 11.1 Å². The summed E-state index contributed by atoms with van der Waals surface area (Å²) in [6.07, 6.45) is 0.571. The van der Waals surface area contributed by atoms with Crippen LogP contribution in [0.15, 0.2) is 60.7 Å². The van der Waals surface area contributed by atoms with Crippen LogP contribution in [0.2, 0.25) is 0 Å². The Morgan fingerprint density at radius 3 is 2.04 bits per heavy atom. The maximum absolute atomic E-state index is 13.0. The average Bonchev–Trinajstić information content (AvgIpc) is 3.32. The summed E-state index contributed by atoms with van der Waals surface area (Å²) in [5, 5.41) is 9.30. The number of carboxylic acid groups (broad SMARTS) is 1. The van der Waals surface area contributed by atoms with E-state index in [4.69, 9.17) is 10.5 Å². The van der Waals surface area contributed by atoms with Crippen LogP contribution < -0.4 is 5.73 Å². The minimum absolute atomic E-state index is 0.00282. The van der Waals surface area contributed by atoms with Gasteiger partial charge in [0, 0.05) is 5.92 Å². The third kappa shape index (κ3) is 2.69. The zero-order valence-corrected chi connectivity index (χ0v) is 14.2. The molecule has 0 aliphatic heterocycles. The molecule has 1 unspecified atom stereocenters. The molecular formula is C21H21NO4. The molecule has 0 saturated heterocycles. The minimum Gasteiger partial charge on any atom is -0.481 e. The fourth-order valence-corrected chi connectivity index (χ4v) is 4.38.